The highest BCUT2D eigenvalue weighted by atomic mass is 32.1. The molecule has 0 aliphatic rings. The van der Waals surface area contributed by atoms with Crippen molar-refractivity contribution in [3.8, 4) is 0 Å². The van der Waals surface area contributed by atoms with E-state index < -0.39 is 0 Å². The molecule has 6 nitrogen and oxygen atoms in total. The van der Waals surface area contributed by atoms with Crippen molar-refractivity contribution < 1.29 is 4.74 Å². The van der Waals surface area contributed by atoms with Crippen molar-refractivity contribution in [3.05, 3.63) is 35.9 Å². The van der Waals surface area contributed by atoms with Crippen molar-refractivity contribution in [2.24, 2.45) is 7.05 Å². The monoisotopic (exact) mass is 303 g/mol. The second kappa shape index (κ2) is 5.79. The Balaban J connectivity index is 1.82. The van der Waals surface area contributed by atoms with Crippen LogP contribution in [0.4, 0.5) is 5.13 Å². The summed E-state index contributed by atoms with van der Waals surface area (Å²) >= 11 is 1.38. The van der Waals surface area contributed by atoms with E-state index in [9.17, 15) is 0 Å². The molecule has 110 valence electrons. The predicted molar refractivity (Wildman–Crippen MR) is 83.4 cm³/mol. The summed E-state index contributed by atoms with van der Waals surface area (Å²) in [4.78, 5) is 11.2. The summed E-state index contributed by atoms with van der Waals surface area (Å²) in [6, 6.07) is 8.14. The van der Waals surface area contributed by atoms with E-state index in [1.165, 1.54) is 11.5 Å². The number of hydrogen-bond donors (Lipinski definition) is 0. The van der Waals surface area contributed by atoms with Crippen LogP contribution in [0.2, 0.25) is 0 Å². The van der Waals surface area contributed by atoms with E-state index >= 15 is 0 Å². The number of fused-ring (bicyclic) bond motifs is 1. The van der Waals surface area contributed by atoms with Gasteiger partial charge in [0.05, 0.1) is 17.6 Å². The van der Waals surface area contributed by atoms with Crippen molar-refractivity contribution in [1.29, 1.82) is 0 Å². The molecule has 0 atom stereocenters. The Bertz CT molecular complexity index is 751. The molecule has 0 unspecified atom stereocenters. The van der Waals surface area contributed by atoms with Gasteiger partial charge in [-0.05, 0) is 12.1 Å². The number of para-hydroxylation sites is 2. The molecule has 0 spiro atoms. The first-order valence-corrected chi connectivity index (χ1v) is 7.39. The fourth-order valence-electron chi connectivity index (χ4n) is 2.20. The van der Waals surface area contributed by atoms with E-state index in [4.69, 9.17) is 4.74 Å². The van der Waals surface area contributed by atoms with Gasteiger partial charge >= 0.3 is 0 Å². The fraction of sp³-hybridized carbons (Fsp3) is 0.357. The Morgan fingerprint density at radius 3 is 2.86 bits per heavy atom. The second-order valence-corrected chi connectivity index (χ2v) is 5.59. The van der Waals surface area contributed by atoms with Crippen LogP contribution in [0.25, 0.3) is 11.0 Å². The third kappa shape index (κ3) is 2.74. The van der Waals surface area contributed by atoms with Crippen molar-refractivity contribution in [3.63, 3.8) is 0 Å². The average molecular weight is 303 g/mol. The van der Waals surface area contributed by atoms with Crippen LogP contribution in [0, 0.1) is 0 Å². The Morgan fingerprint density at radius 2 is 2.10 bits per heavy atom. The van der Waals surface area contributed by atoms with Crippen molar-refractivity contribution in [1.82, 2.24) is 18.9 Å². The summed E-state index contributed by atoms with van der Waals surface area (Å²) in [5, 5.41) is 0.870. The summed E-state index contributed by atoms with van der Waals surface area (Å²) in [5.74, 6) is 1.72. The first-order chi connectivity index (χ1) is 10.2. The van der Waals surface area contributed by atoms with Gasteiger partial charge in [0.15, 0.2) is 5.82 Å². The maximum absolute atomic E-state index is 5.04. The van der Waals surface area contributed by atoms with Gasteiger partial charge in [0.25, 0.3) is 0 Å². The van der Waals surface area contributed by atoms with Crippen molar-refractivity contribution in [2.45, 2.75) is 13.2 Å². The molecule has 7 heteroatoms. The summed E-state index contributed by atoms with van der Waals surface area (Å²) in [6.07, 6.45) is 0. The molecule has 0 aliphatic carbocycles. The average Bonchev–Trinajstić information content (AvgIpc) is 3.06. The number of nitrogens with zero attached hydrogens (tertiary/aromatic N) is 5. The highest BCUT2D eigenvalue weighted by molar-refractivity contribution is 7.09. The number of benzene rings is 1. The highest BCUT2D eigenvalue weighted by Crippen LogP contribution is 2.20. The van der Waals surface area contributed by atoms with Crippen molar-refractivity contribution in [2.75, 3.05) is 19.1 Å². The van der Waals surface area contributed by atoms with Gasteiger partial charge in [-0.1, -0.05) is 12.1 Å². The number of ether oxygens (including phenoxy) is 1. The number of aromatic nitrogens is 4. The Kier molecular flexibility index (Phi) is 3.85. The molecule has 3 rings (SSSR count). The van der Waals surface area contributed by atoms with Crippen LogP contribution in [0.15, 0.2) is 24.3 Å². The summed E-state index contributed by atoms with van der Waals surface area (Å²) in [7, 11) is 5.68. The zero-order valence-electron chi connectivity index (χ0n) is 12.3. The van der Waals surface area contributed by atoms with Gasteiger partial charge in [-0.25, -0.2) is 9.97 Å². The molecule has 0 bridgehead atoms. The van der Waals surface area contributed by atoms with Crippen LogP contribution in [-0.4, -0.2) is 33.1 Å². The summed E-state index contributed by atoms with van der Waals surface area (Å²) in [6.45, 7) is 1.13. The lowest BCUT2D eigenvalue weighted by atomic mass is 10.3. The van der Waals surface area contributed by atoms with E-state index in [1.807, 2.05) is 32.3 Å². The molecule has 1 aromatic carbocycles. The van der Waals surface area contributed by atoms with Crippen molar-refractivity contribution >= 4 is 27.7 Å². The third-order valence-electron chi connectivity index (χ3n) is 3.32. The van der Waals surface area contributed by atoms with E-state index in [-0.39, 0.29) is 0 Å². The van der Waals surface area contributed by atoms with Crippen LogP contribution >= 0.6 is 11.5 Å². The lowest BCUT2D eigenvalue weighted by Gasteiger charge is -2.14. The van der Waals surface area contributed by atoms with Gasteiger partial charge in [0.1, 0.15) is 12.4 Å². The van der Waals surface area contributed by atoms with E-state index in [1.54, 1.807) is 7.11 Å². The molecule has 0 saturated carbocycles. The van der Waals surface area contributed by atoms with Gasteiger partial charge in [-0.15, -0.1) is 0 Å². The van der Waals surface area contributed by atoms with Gasteiger partial charge in [-0.3, -0.25) is 0 Å². The Hall–Kier alpha value is -1.99. The molecule has 0 radical (unpaired) electrons. The van der Waals surface area contributed by atoms with Crippen LogP contribution in [-0.2, 0) is 24.9 Å². The largest absolute Gasteiger partial charge is 0.377 e. The van der Waals surface area contributed by atoms with E-state index in [2.05, 4.69) is 29.9 Å². The maximum Gasteiger partial charge on any atom is 0.205 e. The molecular weight excluding hydrogens is 286 g/mol. The van der Waals surface area contributed by atoms with Crippen LogP contribution in [0.3, 0.4) is 0 Å². The minimum Gasteiger partial charge on any atom is -0.377 e. The van der Waals surface area contributed by atoms with E-state index in [0.717, 1.165) is 22.0 Å². The summed E-state index contributed by atoms with van der Waals surface area (Å²) < 4.78 is 11.4. The minimum atomic E-state index is 0.441. The third-order valence-corrected chi connectivity index (χ3v) is 4.18. The van der Waals surface area contributed by atoms with Gasteiger partial charge < -0.3 is 14.2 Å². The fourth-order valence-corrected chi connectivity index (χ4v) is 2.83. The standard InChI is InChI=1S/C14H17N5OS/c1-18(14-16-12(9-20-3)17-21-14)8-13-15-10-6-4-5-7-11(10)19(13)2/h4-7H,8-9H2,1-3H3. The zero-order valence-corrected chi connectivity index (χ0v) is 13.1. The quantitative estimate of drug-likeness (QED) is 0.723. The van der Waals surface area contributed by atoms with Gasteiger partial charge in [0.2, 0.25) is 5.13 Å². The molecule has 0 aliphatic heterocycles. The SMILES string of the molecule is COCc1nsc(N(C)Cc2nc3ccccc3n2C)n1. The number of hydrogen-bond acceptors (Lipinski definition) is 6. The molecule has 2 heterocycles. The Labute approximate surface area is 127 Å². The number of rotatable bonds is 5. The van der Waals surface area contributed by atoms with Gasteiger partial charge in [-0.2, -0.15) is 4.37 Å². The van der Waals surface area contributed by atoms with Crippen LogP contribution < -0.4 is 4.90 Å². The smallest absolute Gasteiger partial charge is 0.205 e. The number of aryl methyl sites for hydroxylation is 1. The summed E-state index contributed by atoms with van der Waals surface area (Å²) in [5.41, 5.74) is 2.15. The lowest BCUT2D eigenvalue weighted by Crippen LogP contribution is -2.18. The Morgan fingerprint density at radius 1 is 1.29 bits per heavy atom. The normalized spacial score (nSPS) is 11.2. The van der Waals surface area contributed by atoms with E-state index in [0.29, 0.717) is 19.0 Å². The molecule has 21 heavy (non-hydrogen) atoms. The van der Waals surface area contributed by atoms with Crippen LogP contribution in [0.5, 0.6) is 0 Å². The number of anilines is 1. The number of imidazole rings is 1. The predicted octanol–water partition coefficient (Wildman–Crippen LogP) is 2.21. The molecule has 0 N–H and O–H groups in total. The first kappa shape index (κ1) is 14.0. The molecular formula is C14H17N5OS. The highest BCUT2D eigenvalue weighted by Gasteiger charge is 2.13. The minimum absolute atomic E-state index is 0.441. The van der Waals surface area contributed by atoms with Crippen LogP contribution in [0.1, 0.15) is 11.6 Å². The number of methoxy groups -OCH3 is 1. The molecule has 3 aromatic rings. The van der Waals surface area contributed by atoms with Gasteiger partial charge in [0, 0.05) is 32.7 Å². The topological polar surface area (TPSA) is 56.1 Å². The maximum atomic E-state index is 5.04. The first-order valence-electron chi connectivity index (χ1n) is 6.62. The molecule has 0 saturated heterocycles. The molecule has 0 fully saturated rings. The molecule has 2 aromatic heterocycles. The second-order valence-electron chi connectivity index (χ2n) is 4.86. The molecule has 0 amide bonds. The zero-order chi connectivity index (χ0) is 14.8. The lowest BCUT2D eigenvalue weighted by molar-refractivity contribution is 0.179.